The minimum absolute atomic E-state index is 0.151. The number of para-hydroxylation sites is 1. The van der Waals surface area contributed by atoms with Crippen molar-refractivity contribution in [3.8, 4) is 5.75 Å². The highest BCUT2D eigenvalue weighted by molar-refractivity contribution is 5.39. The molecule has 1 aromatic rings. The van der Waals surface area contributed by atoms with E-state index in [1.807, 2.05) is 6.07 Å². The summed E-state index contributed by atoms with van der Waals surface area (Å²) in [5.74, 6) is 2.09. The Kier molecular flexibility index (Phi) is 2.83. The fourth-order valence-electron chi connectivity index (χ4n) is 4.15. The van der Waals surface area contributed by atoms with Gasteiger partial charge in [-0.3, -0.25) is 0 Å². The zero-order valence-corrected chi connectivity index (χ0v) is 12.3. The Morgan fingerprint density at radius 3 is 3.00 bits per heavy atom. The summed E-state index contributed by atoms with van der Waals surface area (Å²) in [4.78, 5) is 0. The van der Waals surface area contributed by atoms with Gasteiger partial charge in [0.05, 0.1) is 12.2 Å². The van der Waals surface area contributed by atoms with E-state index in [1.165, 1.54) is 12.0 Å². The van der Waals surface area contributed by atoms with E-state index >= 15 is 0 Å². The van der Waals surface area contributed by atoms with E-state index in [-0.39, 0.29) is 11.7 Å². The molecule has 4 rings (SSSR count). The molecule has 0 aromatic heterocycles. The van der Waals surface area contributed by atoms with Crippen molar-refractivity contribution in [2.45, 2.75) is 44.5 Å². The number of hydrogen-bond acceptors (Lipinski definition) is 3. The molecule has 20 heavy (non-hydrogen) atoms. The SMILES string of the molecule is CC1(C)Oc2ccccc2[C@H]2O[C@H]3CCNC[C@H]3C[C@@H]21. The molecule has 0 aliphatic carbocycles. The minimum atomic E-state index is -0.151. The number of benzene rings is 1. The molecule has 3 heterocycles. The summed E-state index contributed by atoms with van der Waals surface area (Å²) in [7, 11) is 0. The van der Waals surface area contributed by atoms with Crippen LogP contribution < -0.4 is 10.1 Å². The van der Waals surface area contributed by atoms with Gasteiger partial charge in [-0.2, -0.15) is 0 Å². The topological polar surface area (TPSA) is 30.5 Å². The maximum atomic E-state index is 6.54. The standard InChI is InChI=1S/C17H23NO2/c1-17(2)13-9-11-10-18-8-7-14(11)19-16(13)12-5-3-4-6-15(12)20-17/h3-6,11,13-14,16,18H,7-10H2,1-2H3/t11-,13+,14+,16-/m1/s1. The van der Waals surface area contributed by atoms with E-state index < -0.39 is 0 Å². The van der Waals surface area contributed by atoms with Gasteiger partial charge in [-0.1, -0.05) is 18.2 Å². The van der Waals surface area contributed by atoms with Gasteiger partial charge in [0.15, 0.2) is 0 Å². The first-order valence-electron chi connectivity index (χ1n) is 7.79. The molecule has 0 amide bonds. The molecule has 0 unspecified atom stereocenters. The van der Waals surface area contributed by atoms with Crippen LogP contribution in [0.15, 0.2) is 24.3 Å². The molecular formula is C17H23NO2. The first-order valence-corrected chi connectivity index (χ1v) is 7.79. The van der Waals surface area contributed by atoms with Gasteiger partial charge in [0, 0.05) is 18.0 Å². The van der Waals surface area contributed by atoms with Gasteiger partial charge >= 0.3 is 0 Å². The molecule has 2 saturated heterocycles. The molecule has 1 aromatic carbocycles. The van der Waals surface area contributed by atoms with Gasteiger partial charge in [0.1, 0.15) is 11.4 Å². The van der Waals surface area contributed by atoms with Gasteiger partial charge in [-0.15, -0.1) is 0 Å². The van der Waals surface area contributed by atoms with Crippen LogP contribution in [0.3, 0.4) is 0 Å². The third kappa shape index (κ3) is 1.87. The smallest absolute Gasteiger partial charge is 0.125 e. The first-order chi connectivity index (χ1) is 9.65. The number of nitrogens with one attached hydrogen (secondary N) is 1. The third-order valence-corrected chi connectivity index (χ3v) is 5.27. The van der Waals surface area contributed by atoms with Crippen LogP contribution in [0.4, 0.5) is 0 Å². The summed E-state index contributed by atoms with van der Waals surface area (Å²) >= 11 is 0. The highest BCUT2D eigenvalue weighted by Gasteiger charge is 2.50. The van der Waals surface area contributed by atoms with Crippen molar-refractivity contribution in [1.82, 2.24) is 5.32 Å². The quantitative estimate of drug-likeness (QED) is 0.788. The summed E-state index contributed by atoms with van der Waals surface area (Å²) in [6, 6.07) is 8.38. The first kappa shape index (κ1) is 12.7. The molecule has 1 N–H and O–H groups in total. The number of piperidine rings is 1. The molecular weight excluding hydrogens is 250 g/mol. The zero-order chi connectivity index (χ0) is 13.7. The third-order valence-electron chi connectivity index (χ3n) is 5.27. The monoisotopic (exact) mass is 273 g/mol. The molecule has 3 nitrogen and oxygen atoms in total. The predicted molar refractivity (Wildman–Crippen MR) is 77.8 cm³/mol. The molecule has 3 aliphatic rings. The Bertz CT molecular complexity index is 513. The van der Waals surface area contributed by atoms with E-state index in [0.717, 1.165) is 25.3 Å². The van der Waals surface area contributed by atoms with Crippen molar-refractivity contribution in [2.24, 2.45) is 11.8 Å². The summed E-state index contributed by atoms with van der Waals surface area (Å²) < 4.78 is 12.8. The molecule has 0 bridgehead atoms. The van der Waals surface area contributed by atoms with E-state index in [2.05, 4.69) is 37.4 Å². The average Bonchev–Trinajstić information content (AvgIpc) is 2.45. The number of rotatable bonds is 0. The molecule has 0 radical (unpaired) electrons. The molecule has 3 heteroatoms. The fraction of sp³-hybridized carbons (Fsp3) is 0.647. The highest BCUT2D eigenvalue weighted by Crippen LogP contribution is 2.52. The lowest BCUT2D eigenvalue weighted by Gasteiger charge is -2.52. The number of ether oxygens (including phenoxy) is 2. The van der Waals surface area contributed by atoms with Crippen LogP contribution in [0.1, 0.15) is 38.4 Å². The minimum Gasteiger partial charge on any atom is -0.487 e. The van der Waals surface area contributed by atoms with Gasteiger partial charge in [-0.25, -0.2) is 0 Å². The predicted octanol–water partition coefficient (Wildman–Crippen LogP) is 2.91. The highest BCUT2D eigenvalue weighted by atomic mass is 16.5. The Morgan fingerprint density at radius 2 is 2.10 bits per heavy atom. The van der Waals surface area contributed by atoms with Crippen LogP contribution in [-0.2, 0) is 4.74 Å². The number of fused-ring (bicyclic) bond motifs is 4. The fourth-order valence-corrected chi connectivity index (χ4v) is 4.15. The van der Waals surface area contributed by atoms with E-state index in [4.69, 9.17) is 9.47 Å². The molecule has 0 spiro atoms. The second-order valence-corrected chi connectivity index (χ2v) is 6.93. The van der Waals surface area contributed by atoms with Crippen molar-refractivity contribution in [1.29, 1.82) is 0 Å². The second kappa shape index (κ2) is 4.47. The Hall–Kier alpha value is -1.06. The van der Waals surface area contributed by atoms with Crippen LogP contribution >= 0.6 is 0 Å². The van der Waals surface area contributed by atoms with E-state index in [9.17, 15) is 0 Å². The van der Waals surface area contributed by atoms with Crippen molar-refractivity contribution in [2.75, 3.05) is 13.1 Å². The van der Waals surface area contributed by atoms with Crippen molar-refractivity contribution < 1.29 is 9.47 Å². The average molecular weight is 273 g/mol. The van der Waals surface area contributed by atoms with Gasteiger partial charge < -0.3 is 14.8 Å². The zero-order valence-electron chi connectivity index (χ0n) is 12.3. The summed E-state index contributed by atoms with van der Waals surface area (Å²) in [6.45, 7) is 6.59. The normalized spacial score (nSPS) is 38.1. The largest absolute Gasteiger partial charge is 0.487 e. The van der Waals surface area contributed by atoms with Gasteiger partial charge in [-0.05, 0) is 45.2 Å². The Labute approximate surface area is 120 Å². The molecule has 0 saturated carbocycles. The molecule has 4 atom stereocenters. The van der Waals surface area contributed by atoms with Crippen molar-refractivity contribution in [3.63, 3.8) is 0 Å². The summed E-state index contributed by atoms with van der Waals surface area (Å²) in [6.07, 6.45) is 2.95. The van der Waals surface area contributed by atoms with E-state index in [0.29, 0.717) is 17.9 Å². The Balaban J connectivity index is 1.72. The lowest BCUT2D eigenvalue weighted by Crippen LogP contribution is -2.54. The summed E-state index contributed by atoms with van der Waals surface area (Å²) in [5.41, 5.74) is 1.09. The number of hydrogen-bond donors (Lipinski definition) is 1. The lowest BCUT2D eigenvalue weighted by atomic mass is 9.71. The van der Waals surface area contributed by atoms with Crippen LogP contribution in [0, 0.1) is 11.8 Å². The van der Waals surface area contributed by atoms with Gasteiger partial charge in [0.2, 0.25) is 0 Å². The second-order valence-electron chi connectivity index (χ2n) is 6.93. The van der Waals surface area contributed by atoms with Crippen LogP contribution in [0.5, 0.6) is 5.75 Å². The molecule has 108 valence electrons. The Morgan fingerprint density at radius 1 is 1.25 bits per heavy atom. The van der Waals surface area contributed by atoms with Crippen LogP contribution in [-0.4, -0.2) is 24.8 Å². The van der Waals surface area contributed by atoms with Crippen molar-refractivity contribution in [3.05, 3.63) is 29.8 Å². The van der Waals surface area contributed by atoms with Crippen LogP contribution in [0.2, 0.25) is 0 Å². The van der Waals surface area contributed by atoms with Crippen molar-refractivity contribution >= 4 is 0 Å². The lowest BCUT2D eigenvalue weighted by molar-refractivity contribution is -0.178. The maximum absolute atomic E-state index is 6.54. The van der Waals surface area contributed by atoms with E-state index in [1.54, 1.807) is 0 Å². The maximum Gasteiger partial charge on any atom is 0.125 e. The summed E-state index contributed by atoms with van der Waals surface area (Å²) in [5, 5.41) is 3.51. The molecule has 2 fully saturated rings. The van der Waals surface area contributed by atoms with Gasteiger partial charge in [0.25, 0.3) is 0 Å². The van der Waals surface area contributed by atoms with Crippen LogP contribution in [0.25, 0.3) is 0 Å². The molecule has 3 aliphatic heterocycles.